The zero-order valence-corrected chi connectivity index (χ0v) is 22.8. The lowest BCUT2D eigenvalue weighted by atomic mass is 9.85. The third kappa shape index (κ3) is 6.14. The largest absolute Gasteiger partial charge is 0.489 e. The maximum absolute atomic E-state index is 14.1. The number of carbonyl (C=O) groups is 3. The standard InChI is InChI=1S/C34H31NO6/c1-2-39-30(36)23-34(22-25-18-20-29(21-19-25)40-24-26-12-6-3-7-13-26)33(38)41-32(28-16-10-5-11-17-28)35(34)31(37)27-14-8-4-9-15-27/h3-21,32H,2,22-24H2,1H3/t32?,34-/m0/s1. The topological polar surface area (TPSA) is 82.1 Å². The fourth-order valence-electron chi connectivity index (χ4n) is 5.05. The van der Waals surface area contributed by atoms with E-state index in [1.165, 1.54) is 4.90 Å². The van der Waals surface area contributed by atoms with Crippen LogP contribution in [-0.4, -0.2) is 34.9 Å². The highest BCUT2D eigenvalue weighted by Crippen LogP contribution is 2.43. The van der Waals surface area contributed by atoms with Crippen molar-refractivity contribution in [3.05, 3.63) is 138 Å². The van der Waals surface area contributed by atoms with Crippen molar-refractivity contribution in [1.82, 2.24) is 4.90 Å². The maximum atomic E-state index is 14.1. The van der Waals surface area contributed by atoms with Crippen LogP contribution in [0.2, 0.25) is 0 Å². The summed E-state index contributed by atoms with van der Waals surface area (Å²) in [6.45, 7) is 2.26. The molecule has 0 aromatic heterocycles. The normalized spacial score (nSPS) is 18.0. The van der Waals surface area contributed by atoms with Gasteiger partial charge in [0.2, 0.25) is 6.23 Å². The summed E-state index contributed by atoms with van der Waals surface area (Å²) in [5.41, 5.74) is 1.15. The molecule has 2 atom stereocenters. The molecule has 1 unspecified atom stereocenters. The quantitative estimate of drug-likeness (QED) is 0.229. The Labute approximate surface area is 239 Å². The molecule has 0 bridgehead atoms. The average Bonchev–Trinajstić information content (AvgIpc) is 3.28. The van der Waals surface area contributed by atoms with Gasteiger partial charge in [-0.05, 0) is 42.3 Å². The molecule has 0 radical (unpaired) electrons. The molecule has 5 rings (SSSR count). The predicted octanol–water partition coefficient (Wildman–Crippen LogP) is 5.90. The molecule has 208 valence electrons. The minimum Gasteiger partial charge on any atom is -0.489 e. The molecule has 0 saturated carbocycles. The van der Waals surface area contributed by atoms with Crippen molar-refractivity contribution in [1.29, 1.82) is 0 Å². The summed E-state index contributed by atoms with van der Waals surface area (Å²) in [5, 5.41) is 0. The van der Waals surface area contributed by atoms with Crippen molar-refractivity contribution in [3.63, 3.8) is 0 Å². The number of amides is 1. The first-order valence-electron chi connectivity index (χ1n) is 13.6. The van der Waals surface area contributed by atoms with Crippen LogP contribution in [0, 0.1) is 0 Å². The molecule has 1 aliphatic heterocycles. The number of esters is 2. The molecule has 4 aromatic carbocycles. The van der Waals surface area contributed by atoms with Gasteiger partial charge in [0, 0.05) is 17.5 Å². The van der Waals surface area contributed by atoms with Crippen LogP contribution in [0.25, 0.3) is 0 Å². The van der Waals surface area contributed by atoms with Crippen LogP contribution in [-0.2, 0) is 32.1 Å². The molecule has 41 heavy (non-hydrogen) atoms. The van der Waals surface area contributed by atoms with Crippen molar-refractivity contribution >= 4 is 17.8 Å². The highest BCUT2D eigenvalue weighted by atomic mass is 16.6. The van der Waals surface area contributed by atoms with E-state index in [0.29, 0.717) is 23.5 Å². The monoisotopic (exact) mass is 549 g/mol. The zero-order chi connectivity index (χ0) is 28.7. The molecule has 1 aliphatic rings. The number of nitrogens with zero attached hydrogens (tertiary/aromatic N) is 1. The molecule has 7 nitrogen and oxygen atoms in total. The Hall–Kier alpha value is -4.91. The van der Waals surface area contributed by atoms with Crippen LogP contribution in [0.1, 0.15) is 46.6 Å². The number of rotatable bonds is 10. The summed E-state index contributed by atoms with van der Waals surface area (Å²) in [5.74, 6) is -1.01. The van der Waals surface area contributed by atoms with Gasteiger partial charge in [0.1, 0.15) is 12.4 Å². The van der Waals surface area contributed by atoms with Crippen molar-refractivity contribution in [2.24, 2.45) is 0 Å². The molecule has 1 saturated heterocycles. The summed E-state index contributed by atoms with van der Waals surface area (Å²) < 4.78 is 17.1. The van der Waals surface area contributed by atoms with Crippen molar-refractivity contribution in [2.75, 3.05) is 6.61 Å². The fourth-order valence-corrected chi connectivity index (χ4v) is 5.05. The smallest absolute Gasteiger partial charge is 0.335 e. The zero-order valence-electron chi connectivity index (χ0n) is 22.8. The van der Waals surface area contributed by atoms with Gasteiger partial charge in [0.05, 0.1) is 13.0 Å². The van der Waals surface area contributed by atoms with Crippen LogP contribution < -0.4 is 4.74 Å². The van der Waals surface area contributed by atoms with Gasteiger partial charge in [-0.15, -0.1) is 0 Å². The lowest BCUT2D eigenvalue weighted by Crippen LogP contribution is -2.55. The number of carbonyl (C=O) groups excluding carboxylic acids is 3. The van der Waals surface area contributed by atoms with Crippen LogP contribution in [0.3, 0.4) is 0 Å². The Morgan fingerprint density at radius 3 is 2.05 bits per heavy atom. The van der Waals surface area contributed by atoms with E-state index in [2.05, 4.69) is 0 Å². The summed E-state index contributed by atoms with van der Waals surface area (Å²) >= 11 is 0. The van der Waals surface area contributed by atoms with Crippen molar-refractivity contribution in [3.8, 4) is 5.75 Å². The van der Waals surface area contributed by atoms with Gasteiger partial charge in [-0.1, -0.05) is 91.0 Å². The lowest BCUT2D eigenvalue weighted by molar-refractivity contribution is -0.152. The average molecular weight is 550 g/mol. The highest BCUT2D eigenvalue weighted by molar-refractivity contribution is 6.01. The first-order valence-corrected chi connectivity index (χ1v) is 13.6. The molecule has 1 amide bonds. The molecular formula is C34H31NO6. The van der Waals surface area contributed by atoms with E-state index < -0.39 is 29.6 Å². The summed E-state index contributed by atoms with van der Waals surface area (Å²) in [6.07, 6.45) is -1.32. The second-order valence-corrected chi connectivity index (χ2v) is 9.82. The van der Waals surface area contributed by atoms with E-state index in [-0.39, 0.29) is 19.4 Å². The van der Waals surface area contributed by atoms with E-state index in [9.17, 15) is 14.4 Å². The van der Waals surface area contributed by atoms with E-state index in [1.807, 2.05) is 78.9 Å². The Bertz CT molecular complexity index is 1470. The van der Waals surface area contributed by atoms with Gasteiger partial charge in [0.15, 0.2) is 5.54 Å². The molecule has 0 N–H and O–H groups in total. The summed E-state index contributed by atoms with van der Waals surface area (Å²) in [4.78, 5) is 42.4. The number of ether oxygens (including phenoxy) is 3. The van der Waals surface area contributed by atoms with Gasteiger partial charge in [-0.2, -0.15) is 0 Å². The second kappa shape index (κ2) is 12.5. The SMILES string of the molecule is CCOC(=O)C[C@@]1(Cc2ccc(OCc3ccccc3)cc2)C(=O)OC(c2ccccc2)N1C(=O)c1ccccc1. The Morgan fingerprint density at radius 1 is 0.805 bits per heavy atom. The highest BCUT2D eigenvalue weighted by Gasteiger charge is 2.59. The molecule has 1 heterocycles. The number of hydrogen-bond donors (Lipinski definition) is 0. The fraction of sp³-hybridized carbons (Fsp3) is 0.206. The number of cyclic esters (lactones) is 1. The number of hydrogen-bond acceptors (Lipinski definition) is 6. The first kappa shape index (κ1) is 27.6. The van der Waals surface area contributed by atoms with Crippen molar-refractivity contribution in [2.45, 2.75) is 38.1 Å². The lowest BCUT2D eigenvalue weighted by Gasteiger charge is -2.36. The molecule has 4 aromatic rings. The minimum absolute atomic E-state index is 0.0471. The van der Waals surface area contributed by atoms with Crippen LogP contribution >= 0.6 is 0 Å². The second-order valence-electron chi connectivity index (χ2n) is 9.82. The molecular weight excluding hydrogens is 518 g/mol. The van der Waals surface area contributed by atoms with Crippen molar-refractivity contribution < 1.29 is 28.6 Å². The van der Waals surface area contributed by atoms with Gasteiger partial charge in [-0.3, -0.25) is 14.5 Å². The summed E-state index contributed by atoms with van der Waals surface area (Å²) in [6, 6.07) is 34.9. The molecule has 7 heteroatoms. The Balaban J connectivity index is 1.51. The molecule has 0 spiro atoms. The first-order chi connectivity index (χ1) is 20.0. The molecule has 0 aliphatic carbocycles. The third-order valence-corrected chi connectivity index (χ3v) is 7.03. The van der Waals surface area contributed by atoms with Gasteiger partial charge < -0.3 is 14.2 Å². The Kier molecular flexibility index (Phi) is 8.44. The minimum atomic E-state index is -1.63. The molecule has 1 fully saturated rings. The van der Waals surface area contributed by atoms with E-state index in [0.717, 1.165) is 11.1 Å². The van der Waals surface area contributed by atoms with Crippen LogP contribution in [0.15, 0.2) is 115 Å². The predicted molar refractivity (Wildman–Crippen MR) is 153 cm³/mol. The van der Waals surface area contributed by atoms with Gasteiger partial charge in [0.25, 0.3) is 5.91 Å². The maximum Gasteiger partial charge on any atom is 0.335 e. The van der Waals surface area contributed by atoms with E-state index in [1.54, 1.807) is 43.3 Å². The third-order valence-electron chi connectivity index (χ3n) is 7.03. The van der Waals surface area contributed by atoms with E-state index in [4.69, 9.17) is 14.2 Å². The van der Waals surface area contributed by atoms with E-state index >= 15 is 0 Å². The van der Waals surface area contributed by atoms with Gasteiger partial charge >= 0.3 is 11.9 Å². The van der Waals surface area contributed by atoms with Crippen LogP contribution in [0.5, 0.6) is 5.75 Å². The van der Waals surface area contributed by atoms with Crippen LogP contribution in [0.4, 0.5) is 0 Å². The number of benzene rings is 4. The van der Waals surface area contributed by atoms with Gasteiger partial charge in [-0.25, -0.2) is 4.79 Å². The Morgan fingerprint density at radius 2 is 1.41 bits per heavy atom. The summed E-state index contributed by atoms with van der Waals surface area (Å²) in [7, 11) is 0.